The first-order valence-electron chi connectivity index (χ1n) is 11.6. The Kier molecular flexibility index (Phi) is 8.62. The molecule has 2 aliphatic rings. The van der Waals surface area contributed by atoms with Gasteiger partial charge in [0.2, 0.25) is 11.8 Å². The number of carbonyl (C=O) groups is 3. The first-order chi connectivity index (χ1) is 15.4. The molecule has 1 heterocycles. The highest BCUT2D eigenvalue weighted by Gasteiger charge is 2.51. The minimum absolute atomic E-state index is 0.0660. The van der Waals surface area contributed by atoms with Gasteiger partial charge in [0.15, 0.2) is 0 Å². The molecule has 2 fully saturated rings. The van der Waals surface area contributed by atoms with Crippen LogP contribution in [0.4, 0.5) is 26.7 Å². The van der Waals surface area contributed by atoms with Gasteiger partial charge in [-0.3, -0.25) is 9.59 Å². The van der Waals surface area contributed by atoms with Crippen molar-refractivity contribution >= 4 is 18.0 Å². The molecule has 0 aromatic carbocycles. The maximum atomic E-state index is 13.5. The van der Waals surface area contributed by atoms with E-state index in [0.717, 1.165) is 4.90 Å². The molecular weight excluding hydrogens is 465 g/mol. The number of amides is 2. The predicted octanol–water partition coefficient (Wildman–Crippen LogP) is 5.73. The van der Waals surface area contributed by atoms with Crippen LogP contribution in [0.15, 0.2) is 0 Å². The summed E-state index contributed by atoms with van der Waals surface area (Å²) in [7, 11) is 0. The molecule has 1 saturated carbocycles. The second-order valence-electron chi connectivity index (χ2n) is 10.7. The van der Waals surface area contributed by atoms with Crippen LogP contribution < -0.4 is 0 Å². The van der Waals surface area contributed by atoms with Crippen molar-refractivity contribution < 1.29 is 45.8 Å². The van der Waals surface area contributed by atoms with Crippen LogP contribution in [0.2, 0.25) is 0 Å². The number of ether oxygens (including phenoxy) is 2. The molecular formula is C23H34F5NO5. The Morgan fingerprint density at radius 1 is 1.15 bits per heavy atom. The largest absolute Gasteiger partial charge is 0.460 e. The molecule has 0 aromatic rings. The van der Waals surface area contributed by atoms with Gasteiger partial charge in [0.1, 0.15) is 12.2 Å². The number of halogens is 5. The van der Waals surface area contributed by atoms with Crippen LogP contribution in [-0.2, 0) is 19.1 Å². The number of hydrogen-bond donors (Lipinski definition) is 0. The Labute approximate surface area is 196 Å². The van der Waals surface area contributed by atoms with Crippen molar-refractivity contribution in [2.75, 3.05) is 6.61 Å². The van der Waals surface area contributed by atoms with Gasteiger partial charge < -0.3 is 9.47 Å². The highest BCUT2D eigenvalue weighted by atomic mass is 19.4. The molecule has 0 bridgehead atoms. The van der Waals surface area contributed by atoms with Gasteiger partial charge in [0, 0.05) is 19.3 Å². The van der Waals surface area contributed by atoms with E-state index < -0.39 is 85.1 Å². The Morgan fingerprint density at radius 3 is 2.21 bits per heavy atom. The molecule has 11 heteroatoms. The fourth-order valence-electron chi connectivity index (χ4n) is 4.49. The monoisotopic (exact) mass is 499 g/mol. The van der Waals surface area contributed by atoms with Gasteiger partial charge in [-0.1, -0.05) is 13.8 Å². The summed E-state index contributed by atoms with van der Waals surface area (Å²) in [6, 6.07) is -0.641. The zero-order valence-electron chi connectivity index (χ0n) is 20.2. The molecule has 2 rings (SSSR count). The average molecular weight is 500 g/mol. The van der Waals surface area contributed by atoms with Crippen LogP contribution in [0.5, 0.6) is 0 Å². The van der Waals surface area contributed by atoms with E-state index in [-0.39, 0.29) is 25.4 Å². The summed E-state index contributed by atoms with van der Waals surface area (Å²) < 4.78 is 75.9. The quantitative estimate of drug-likeness (QED) is 0.299. The molecule has 0 aromatic heterocycles. The second kappa shape index (κ2) is 10.4. The van der Waals surface area contributed by atoms with Crippen LogP contribution in [0.25, 0.3) is 0 Å². The van der Waals surface area contributed by atoms with Crippen LogP contribution in [0.1, 0.15) is 73.1 Å². The van der Waals surface area contributed by atoms with Crippen molar-refractivity contribution in [1.82, 2.24) is 4.90 Å². The van der Waals surface area contributed by atoms with Gasteiger partial charge in [-0.05, 0) is 51.9 Å². The van der Waals surface area contributed by atoms with Gasteiger partial charge in [-0.2, -0.15) is 13.2 Å². The molecule has 6 nitrogen and oxygen atoms in total. The zero-order chi connectivity index (χ0) is 26.1. The summed E-state index contributed by atoms with van der Waals surface area (Å²) in [5, 5.41) is 0. The molecule has 1 aliphatic heterocycles. The maximum absolute atomic E-state index is 13.5. The van der Waals surface area contributed by atoms with Crippen molar-refractivity contribution in [1.29, 1.82) is 0 Å². The highest BCUT2D eigenvalue weighted by molar-refractivity contribution is 5.96. The summed E-state index contributed by atoms with van der Waals surface area (Å²) in [4.78, 5) is 39.9. The van der Waals surface area contributed by atoms with Crippen molar-refractivity contribution in [3.8, 4) is 0 Å². The van der Waals surface area contributed by atoms with Gasteiger partial charge in [-0.15, -0.1) is 0 Å². The van der Waals surface area contributed by atoms with Crippen molar-refractivity contribution in [2.45, 2.75) is 96.9 Å². The van der Waals surface area contributed by atoms with E-state index in [4.69, 9.17) is 9.47 Å². The number of alkyl halides is 5. The summed E-state index contributed by atoms with van der Waals surface area (Å²) in [5.74, 6) is -7.93. The van der Waals surface area contributed by atoms with Crippen LogP contribution in [0.3, 0.4) is 0 Å². The van der Waals surface area contributed by atoms with E-state index >= 15 is 0 Å². The van der Waals surface area contributed by atoms with E-state index in [1.807, 2.05) is 0 Å². The molecule has 0 radical (unpaired) electrons. The summed E-state index contributed by atoms with van der Waals surface area (Å²) >= 11 is 0. The van der Waals surface area contributed by atoms with Gasteiger partial charge in [0.05, 0.1) is 17.9 Å². The topological polar surface area (TPSA) is 72.9 Å². The van der Waals surface area contributed by atoms with E-state index in [1.54, 1.807) is 34.6 Å². The Hall–Kier alpha value is -1.94. The highest BCUT2D eigenvalue weighted by Crippen LogP contribution is 2.47. The van der Waals surface area contributed by atoms with E-state index in [2.05, 4.69) is 0 Å². The molecule has 0 unspecified atom stereocenters. The van der Waals surface area contributed by atoms with E-state index in [1.165, 1.54) is 0 Å². The molecule has 2 amide bonds. The van der Waals surface area contributed by atoms with Crippen LogP contribution in [0, 0.1) is 23.7 Å². The number of carbonyl (C=O) groups excluding carboxylic acids is 3. The first-order valence-corrected chi connectivity index (χ1v) is 11.6. The summed E-state index contributed by atoms with van der Waals surface area (Å²) in [6.07, 6.45) is -8.48. The fourth-order valence-corrected chi connectivity index (χ4v) is 4.49. The van der Waals surface area contributed by atoms with Crippen molar-refractivity contribution in [3.05, 3.63) is 0 Å². The number of imide groups is 1. The predicted molar refractivity (Wildman–Crippen MR) is 112 cm³/mol. The van der Waals surface area contributed by atoms with Crippen LogP contribution >= 0.6 is 0 Å². The molecule has 196 valence electrons. The van der Waals surface area contributed by atoms with Crippen molar-refractivity contribution in [3.63, 3.8) is 0 Å². The lowest BCUT2D eigenvalue weighted by molar-refractivity contribution is -0.170. The van der Waals surface area contributed by atoms with Gasteiger partial charge in [0.25, 0.3) is 0 Å². The van der Waals surface area contributed by atoms with Crippen LogP contribution in [-0.4, -0.2) is 53.2 Å². The minimum Gasteiger partial charge on any atom is -0.460 e. The lowest BCUT2D eigenvalue weighted by Crippen LogP contribution is -2.49. The molecule has 0 spiro atoms. The lowest BCUT2D eigenvalue weighted by atomic mass is 9.72. The third-order valence-corrected chi connectivity index (χ3v) is 6.16. The zero-order valence-corrected chi connectivity index (χ0v) is 20.2. The second-order valence-corrected chi connectivity index (χ2v) is 10.7. The number of hydrogen-bond acceptors (Lipinski definition) is 5. The molecule has 1 aliphatic carbocycles. The molecule has 1 saturated heterocycles. The maximum Gasteiger partial charge on any atom is 0.416 e. The SMILES string of the molecule is CC(C)[C@H]1COC(=O)N1C(=O)[C@H](CCCC(F)(F)F)[C@@H](CC1CC(F)(F)C1)C(=O)OC(C)(C)C. The van der Waals surface area contributed by atoms with Crippen molar-refractivity contribution in [2.24, 2.45) is 23.7 Å². The molecule has 34 heavy (non-hydrogen) atoms. The normalized spacial score (nSPS) is 22.9. The summed E-state index contributed by atoms with van der Waals surface area (Å²) in [5.41, 5.74) is -0.967. The lowest BCUT2D eigenvalue weighted by Gasteiger charge is -2.39. The number of nitrogens with zero attached hydrogens (tertiary/aromatic N) is 1. The third kappa shape index (κ3) is 7.80. The Bertz CT molecular complexity index is 754. The summed E-state index contributed by atoms with van der Waals surface area (Å²) in [6.45, 7) is 8.22. The van der Waals surface area contributed by atoms with Gasteiger partial charge in [-0.25, -0.2) is 18.5 Å². The fraction of sp³-hybridized carbons (Fsp3) is 0.870. The molecule has 3 atom stereocenters. The Morgan fingerprint density at radius 2 is 1.74 bits per heavy atom. The van der Waals surface area contributed by atoms with Gasteiger partial charge >= 0.3 is 18.2 Å². The smallest absolute Gasteiger partial charge is 0.416 e. The minimum atomic E-state index is -4.47. The standard InChI is InChI=1S/C23H34F5NO5/c1-13(2)17-12-33-20(32)29(17)18(30)15(7-6-8-23(26,27)28)16(19(31)34-21(3,4)5)9-14-10-22(24,25)11-14/h13-17H,6-12H2,1-5H3/t15-,16-,17-/m1/s1. The number of esters is 1. The number of cyclic esters (lactones) is 1. The Balaban J connectivity index is 2.37. The van der Waals surface area contributed by atoms with E-state index in [9.17, 15) is 36.3 Å². The first kappa shape index (κ1) is 28.3. The third-order valence-electron chi connectivity index (χ3n) is 6.16. The average Bonchev–Trinajstić information content (AvgIpc) is 3.01. The molecule has 0 N–H and O–H groups in total. The van der Waals surface area contributed by atoms with E-state index in [0.29, 0.717) is 0 Å². The number of rotatable bonds is 9.